The summed E-state index contributed by atoms with van der Waals surface area (Å²) in [5.74, 6) is -0.787. The lowest BCUT2D eigenvalue weighted by Gasteiger charge is -2.22. The van der Waals surface area contributed by atoms with Gasteiger partial charge in [0.15, 0.2) is 0 Å². The fourth-order valence-electron chi connectivity index (χ4n) is 3.17. The smallest absolute Gasteiger partial charge is 0.307 e. The van der Waals surface area contributed by atoms with Gasteiger partial charge in [-0.05, 0) is 37.8 Å². The van der Waals surface area contributed by atoms with Gasteiger partial charge in [0, 0.05) is 37.4 Å². The van der Waals surface area contributed by atoms with Gasteiger partial charge in [0.05, 0.1) is 12.1 Å². The molecule has 1 aromatic carbocycles. The highest BCUT2D eigenvalue weighted by Gasteiger charge is 2.30. The van der Waals surface area contributed by atoms with Crippen molar-refractivity contribution in [3.05, 3.63) is 52.3 Å². The summed E-state index contributed by atoms with van der Waals surface area (Å²) in [5.41, 5.74) is 5.75. The molecule has 0 aliphatic heterocycles. The van der Waals surface area contributed by atoms with Gasteiger partial charge in [-0.25, -0.2) is 0 Å². The van der Waals surface area contributed by atoms with Crippen molar-refractivity contribution in [1.29, 1.82) is 0 Å². The SMILES string of the molecule is Cc1nn(C)c(C)c1CN(Cc1ccc(CC(=O)O)cc1)C1CC1. The second kappa shape index (κ2) is 6.77. The Balaban J connectivity index is 1.71. The van der Waals surface area contributed by atoms with Gasteiger partial charge in [-0.3, -0.25) is 14.4 Å². The third-order valence-corrected chi connectivity index (χ3v) is 4.85. The third-order valence-electron chi connectivity index (χ3n) is 4.85. The summed E-state index contributed by atoms with van der Waals surface area (Å²) in [6, 6.07) is 8.61. The average molecular weight is 327 g/mol. The minimum absolute atomic E-state index is 0.0840. The molecular formula is C19H25N3O2. The fourth-order valence-corrected chi connectivity index (χ4v) is 3.17. The van der Waals surface area contributed by atoms with Gasteiger partial charge in [0.25, 0.3) is 0 Å². The van der Waals surface area contributed by atoms with Crippen LogP contribution < -0.4 is 0 Å². The second-order valence-electron chi connectivity index (χ2n) is 6.80. The number of benzene rings is 1. The van der Waals surface area contributed by atoms with Crippen LogP contribution in [0.3, 0.4) is 0 Å². The zero-order chi connectivity index (χ0) is 17.3. The summed E-state index contributed by atoms with van der Waals surface area (Å²) in [5, 5.41) is 13.4. The third kappa shape index (κ3) is 3.85. The summed E-state index contributed by atoms with van der Waals surface area (Å²) >= 11 is 0. The summed E-state index contributed by atoms with van der Waals surface area (Å²) < 4.78 is 1.95. The molecule has 1 aliphatic rings. The van der Waals surface area contributed by atoms with Crippen molar-refractivity contribution in [2.75, 3.05) is 0 Å². The van der Waals surface area contributed by atoms with Crippen molar-refractivity contribution >= 4 is 5.97 Å². The average Bonchev–Trinajstić information content (AvgIpc) is 3.33. The first-order valence-electron chi connectivity index (χ1n) is 8.46. The lowest BCUT2D eigenvalue weighted by atomic mass is 10.1. The monoisotopic (exact) mass is 327 g/mol. The first kappa shape index (κ1) is 16.7. The van der Waals surface area contributed by atoms with Crippen molar-refractivity contribution in [2.45, 2.75) is 52.2 Å². The number of aliphatic carboxylic acids is 1. The Morgan fingerprint density at radius 3 is 2.33 bits per heavy atom. The van der Waals surface area contributed by atoms with Gasteiger partial charge >= 0.3 is 5.97 Å². The molecule has 24 heavy (non-hydrogen) atoms. The molecule has 5 heteroatoms. The Hall–Kier alpha value is -2.14. The van der Waals surface area contributed by atoms with Gasteiger partial charge in [-0.1, -0.05) is 24.3 Å². The van der Waals surface area contributed by atoms with Gasteiger partial charge in [0.2, 0.25) is 0 Å². The lowest BCUT2D eigenvalue weighted by Crippen LogP contribution is -2.25. The van der Waals surface area contributed by atoms with E-state index < -0.39 is 5.97 Å². The second-order valence-corrected chi connectivity index (χ2v) is 6.80. The van der Waals surface area contributed by atoms with E-state index in [9.17, 15) is 4.79 Å². The van der Waals surface area contributed by atoms with Crippen LogP contribution in [0.15, 0.2) is 24.3 Å². The fraction of sp³-hybridized carbons (Fsp3) is 0.474. The molecule has 1 aliphatic carbocycles. The summed E-state index contributed by atoms with van der Waals surface area (Å²) in [6.45, 7) is 6.02. The zero-order valence-corrected chi connectivity index (χ0v) is 14.6. The molecule has 1 saturated carbocycles. The molecule has 0 atom stereocenters. The van der Waals surface area contributed by atoms with E-state index in [0.717, 1.165) is 24.3 Å². The number of aromatic nitrogens is 2. The van der Waals surface area contributed by atoms with Crippen LogP contribution in [-0.2, 0) is 31.4 Å². The van der Waals surface area contributed by atoms with Crippen LogP contribution in [0.25, 0.3) is 0 Å². The number of hydrogen-bond acceptors (Lipinski definition) is 3. The van der Waals surface area contributed by atoms with Crippen LogP contribution in [0.1, 0.15) is 40.9 Å². The highest BCUT2D eigenvalue weighted by molar-refractivity contribution is 5.70. The van der Waals surface area contributed by atoms with Crippen LogP contribution in [-0.4, -0.2) is 31.8 Å². The van der Waals surface area contributed by atoms with Crippen molar-refractivity contribution in [3.63, 3.8) is 0 Å². The van der Waals surface area contributed by atoms with E-state index in [1.165, 1.54) is 29.7 Å². The highest BCUT2D eigenvalue weighted by atomic mass is 16.4. The van der Waals surface area contributed by atoms with E-state index in [0.29, 0.717) is 6.04 Å². The van der Waals surface area contributed by atoms with Crippen LogP contribution in [0.2, 0.25) is 0 Å². The molecule has 1 N–H and O–H groups in total. The lowest BCUT2D eigenvalue weighted by molar-refractivity contribution is -0.136. The quantitative estimate of drug-likeness (QED) is 0.849. The van der Waals surface area contributed by atoms with Crippen LogP contribution in [0.5, 0.6) is 0 Å². The largest absolute Gasteiger partial charge is 0.481 e. The first-order valence-corrected chi connectivity index (χ1v) is 8.46. The molecule has 0 saturated heterocycles. The molecule has 0 amide bonds. The maximum absolute atomic E-state index is 10.8. The van der Waals surface area contributed by atoms with Gasteiger partial charge in [-0.15, -0.1) is 0 Å². The molecule has 5 nitrogen and oxygen atoms in total. The van der Waals surface area contributed by atoms with Crippen molar-refractivity contribution in [3.8, 4) is 0 Å². The standard InChI is InChI=1S/C19H25N3O2/c1-13-18(14(2)21(3)20-13)12-22(17-8-9-17)11-16-6-4-15(5-7-16)10-19(23)24/h4-7,17H,8-12H2,1-3H3,(H,23,24). The number of rotatable bonds is 7. The van der Waals surface area contributed by atoms with Crippen molar-refractivity contribution in [1.82, 2.24) is 14.7 Å². The van der Waals surface area contributed by atoms with E-state index >= 15 is 0 Å². The molecule has 2 aromatic rings. The van der Waals surface area contributed by atoms with E-state index in [1.54, 1.807) is 0 Å². The number of aryl methyl sites for hydroxylation is 2. The number of carboxylic acids is 1. The normalized spacial score (nSPS) is 14.3. The van der Waals surface area contributed by atoms with Gasteiger partial charge in [-0.2, -0.15) is 5.10 Å². The summed E-state index contributed by atoms with van der Waals surface area (Å²) in [7, 11) is 1.99. The molecule has 1 heterocycles. The van der Waals surface area contributed by atoms with E-state index in [2.05, 4.69) is 36.0 Å². The van der Waals surface area contributed by atoms with Crippen molar-refractivity contribution < 1.29 is 9.90 Å². The van der Waals surface area contributed by atoms with Crippen LogP contribution in [0, 0.1) is 13.8 Å². The topological polar surface area (TPSA) is 58.4 Å². The Morgan fingerprint density at radius 1 is 1.21 bits per heavy atom. The Labute approximate surface area is 142 Å². The van der Waals surface area contributed by atoms with E-state index in [-0.39, 0.29) is 6.42 Å². The minimum Gasteiger partial charge on any atom is -0.481 e. The zero-order valence-electron chi connectivity index (χ0n) is 14.6. The minimum atomic E-state index is -0.787. The van der Waals surface area contributed by atoms with Crippen LogP contribution >= 0.6 is 0 Å². The highest BCUT2D eigenvalue weighted by Crippen LogP contribution is 2.31. The van der Waals surface area contributed by atoms with E-state index in [1.807, 2.05) is 23.9 Å². The molecule has 0 unspecified atom stereocenters. The number of carbonyl (C=O) groups is 1. The molecular weight excluding hydrogens is 302 g/mol. The van der Waals surface area contributed by atoms with E-state index in [4.69, 9.17) is 5.11 Å². The predicted molar refractivity (Wildman–Crippen MR) is 92.7 cm³/mol. The number of carboxylic acid groups (broad SMARTS) is 1. The molecule has 0 spiro atoms. The molecule has 0 radical (unpaired) electrons. The summed E-state index contributed by atoms with van der Waals surface area (Å²) in [4.78, 5) is 13.3. The molecule has 1 fully saturated rings. The summed E-state index contributed by atoms with van der Waals surface area (Å²) in [6.07, 6.45) is 2.60. The first-order chi connectivity index (χ1) is 11.4. The van der Waals surface area contributed by atoms with Crippen molar-refractivity contribution in [2.24, 2.45) is 7.05 Å². The predicted octanol–water partition coefficient (Wildman–Crippen LogP) is 2.83. The van der Waals surface area contributed by atoms with Gasteiger partial charge in [0.1, 0.15) is 0 Å². The molecule has 0 bridgehead atoms. The Kier molecular flexibility index (Phi) is 4.71. The maximum Gasteiger partial charge on any atom is 0.307 e. The number of hydrogen-bond donors (Lipinski definition) is 1. The van der Waals surface area contributed by atoms with Gasteiger partial charge < -0.3 is 5.11 Å². The Morgan fingerprint density at radius 2 is 1.83 bits per heavy atom. The Bertz CT molecular complexity index is 730. The van der Waals surface area contributed by atoms with Crippen LogP contribution in [0.4, 0.5) is 0 Å². The molecule has 1 aromatic heterocycles. The maximum atomic E-state index is 10.8. The molecule has 128 valence electrons. The molecule has 3 rings (SSSR count). The number of nitrogens with zero attached hydrogens (tertiary/aromatic N) is 3.